The normalized spacial score (nSPS) is 11.9. The average Bonchev–Trinajstić information content (AvgIpc) is 2.65. The topological polar surface area (TPSA) is 99.0 Å². The Bertz CT molecular complexity index is 1140. The van der Waals surface area contributed by atoms with E-state index in [9.17, 15) is 8.78 Å². The number of nitrogens with one attached hydrogen (secondary N) is 2. The summed E-state index contributed by atoms with van der Waals surface area (Å²) in [5.74, 6) is -1.06. The maximum atomic E-state index is 13.5. The van der Waals surface area contributed by atoms with Gasteiger partial charge in [0.2, 0.25) is 0 Å². The first-order chi connectivity index (χ1) is 13.8. The second-order valence-corrected chi connectivity index (χ2v) is 6.59. The highest BCUT2D eigenvalue weighted by Crippen LogP contribution is 2.25. The summed E-state index contributed by atoms with van der Waals surface area (Å²) in [6.45, 7) is 1.60. The van der Waals surface area contributed by atoms with Crippen LogP contribution in [0.25, 0.3) is 22.0 Å². The zero-order valence-corrected chi connectivity index (χ0v) is 15.7. The molecule has 1 aromatic heterocycles. The molecule has 3 aromatic rings. The molecule has 29 heavy (non-hydrogen) atoms. The van der Waals surface area contributed by atoms with Gasteiger partial charge in [-0.3, -0.25) is 10.4 Å². The lowest BCUT2D eigenvalue weighted by Gasteiger charge is -2.07. The summed E-state index contributed by atoms with van der Waals surface area (Å²) in [7, 11) is 0. The molecule has 1 heterocycles. The summed E-state index contributed by atoms with van der Waals surface area (Å²) in [5, 5.41) is 15.9. The maximum absolute atomic E-state index is 13.5. The fraction of sp³-hybridized carbons (Fsp3) is 0.0909. The van der Waals surface area contributed by atoms with Crippen LogP contribution < -0.4 is 5.73 Å². The number of hydrogen-bond donors (Lipinski definition) is 3. The summed E-state index contributed by atoms with van der Waals surface area (Å²) < 4.78 is 27.0. The molecule has 0 saturated heterocycles. The lowest BCUT2D eigenvalue weighted by Crippen LogP contribution is -2.16. The number of aliphatic imine (C=N–C) groups is 1. The van der Waals surface area contributed by atoms with Crippen molar-refractivity contribution in [2.24, 2.45) is 10.7 Å². The molecule has 2 aromatic carbocycles. The Labute approximate surface area is 166 Å². The number of hydrogen-bond acceptors (Lipinski definition) is 3. The van der Waals surface area contributed by atoms with Gasteiger partial charge in [-0.25, -0.2) is 13.8 Å². The Morgan fingerprint density at radius 1 is 1.03 bits per heavy atom. The number of rotatable bonds is 5. The highest BCUT2D eigenvalue weighted by Gasteiger charge is 2.07. The molecule has 0 saturated carbocycles. The van der Waals surface area contributed by atoms with E-state index in [4.69, 9.17) is 16.6 Å². The highest BCUT2D eigenvalue weighted by atomic mass is 19.1. The fourth-order valence-electron chi connectivity index (χ4n) is 2.81. The minimum atomic E-state index is -0.646. The summed E-state index contributed by atoms with van der Waals surface area (Å²) in [5.41, 5.74) is 8.86. The van der Waals surface area contributed by atoms with E-state index in [0.717, 1.165) is 22.5 Å². The first-order valence-corrected chi connectivity index (χ1v) is 8.80. The van der Waals surface area contributed by atoms with Crippen molar-refractivity contribution in [2.75, 3.05) is 0 Å². The molecule has 0 aliphatic heterocycles. The summed E-state index contributed by atoms with van der Waals surface area (Å²) >= 11 is 0. The minimum absolute atomic E-state index is 0.0352. The Morgan fingerprint density at radius 3 is 2.45 bits per heavy atom. The molecule has 0 bridgehead atoms. The molecule has 0 aliphatic rings. The van der Waals surface area contributed by atoms with E-state index in [2.05, 4.69) is 9.98 Å². The van der Waals surface area contributed by atoms with Crippen molar-refractivity contribution in [3.63, 3.8) is 0 Å². The fourth-order valence-corrected chi connectivity index (χ4v) is 2.81. The van der Waals surface area contributed by atoms with E-state index in [1.54, 1.807) is 13.1 Å². The van der Waals surface area contributed by atoms with Gasteiger partial charge in [-0.15, -0.1) is 0 Å². The van der Waals surface area contributed by atoms with E-state index in [-0.39, 0.29) is 11.7 Å². The smallest absolute Gasteiger partial charge is 0.146 e. The lowest BCUT2D eigenvalue weighted by molar-refractivity contribution is 0.584. The number of allylic oxidation sites excluding steroid dienone is 1. The van der Waals surface area contributed by atoms with Gasteiger partial charge in [0.25, 0.3) is 0 Å². The van der Waals surface area contributed by atoms with Crippen molar-refractivity contribution < 1.29 is 8.78 Å². The maximum Gasteiger partial charge on any atom is 0.146 e. The number of aromatic nitrogens is 1. The predicted octanol–water partition coefficient (Wildman–Crippen LogP) is 4.65. The standard InChI is InChI=1S/C22H19F2N5/c1-13(25)2-5-21(26)29-22(27)7-14-3-4-20-16(6-14)8-17(12-28-20)15-9-18(23)11-19(24)10-15/h2-6,8-12,25H,7H2,1H3,(H3,26,27,29)/b5-2-,25-13?. The van der Waals surface area contributed by atoms with E-state index in [1.165, 1.54) is 24.3 Å². The molecule has 0 fully saturated rings. The Hall–Kier alpha value is -3.74. The first-order valence-electron chi connectivity index (χ1n) is 8.80. The summed E-state index contributed by atoms with van der Waals surface area (Å²) in [6.07, 6.45) is 4.78. The molecular formula is C22H19F2N5. The average molecular weight is 391 g/mol. The van der Waals surface area contributed by atoms with Gasteiger partial charge in [0, 0.05) is 35.3 Å². The minimum Gasteiger partial charge on any atom is -0.387 e. The van der Waals surface area contributed by atoms with Crippen molar-refractivity contribution in [2.45, 2.75) is 13.3 Å². The Morgan fingerprint density at radius 2 is 1.76 bits per heavy atom. The molecule has 3 rings (SSSR count). The van der Waals surface area contributed by atoms with Crippen LogP contribution in [0.3, 0.4) is 0 Å². The van der Waals surface area contributed by atoms with Crippen molar-refractivity contribution >= 4 is 28.3 Å². The molecule has 4 N–H and O–H groups in total. The lowest BCUT2D eigenvalue weighted by atomic mass is 10.0. The van der Waals surface area contributed by atoms with Crippen LogP contribution in [-0.4, -0.2) is 22.4 Å². The van der Waals surface area contributed by atoms with E-state index < -0.39 is 11.6 Å². The monoisotopic (exact) mass is 391 g/mol. The predicted molar refractivity (Wildman–Crippen MR) is 113 cm³/mol. The number of fused-ring (bicyclic) bond motifs is 1. The first kappa shape index (κ1) is 20.0. The van der Waals surface area contributed by atoms with Crippen LogP contribution >= 0.6 is 0 Å². The van der Waals surface area contributed by atoms with Gasteiger partial charge in [-0.1, -0.05) is 6.07 Å². The molecule has 0 radical (unpaired) electrons. The summed E-state index contributed by atoms with van der Waals surface area (Å²) in [6, 6.07) is 10.7. The van der Waals surface area contributed by atoms with Crippen LogP contribution in [0, 0.1) is 22.5 Å². The van der Waals surface area contributed by atoms with Crippen LogP contribution in [0.1, 0.15) is 12.5 Å². The molecule has 0 atom stereocenters. The van der Waals surface area contributed by atoms with Gasteiger partial charge in [-0.05, 0) is 60.5 Å². The quantitative estimate of drug-likeness (QED) is 0.436. The molecule has 0 amide bonds. The van der Waals surface area contributed by atoms with Crippen molar-refractivity contribution in [3.05, 3.63) is 78.0 Å². The molecule has 0 spiro atoms. The van der Waals surface area contributed by atoms with E-state index in [0.29, 0.717) is 23.3 Å². The van der Waals surface area contributed by atoms with Crippen LogP contribution in [0.4, 0.5) is 8.78 Å². The third-order valence-corrected chi connectivity index (χ3v) is 4.08. The van der Waals surface area contributed by atoms with Gasteiger partial charge in [0.05, 0.1) is 5.52 Å². The van der Waals surface area contributed by atoms with Crippen LogP contribution in [-0.2, 0) is 6.42 Å². The number of nitrogens with zero attached hydrogens (tertiary/aromatic N) is 2. The third-order valence-electron chi connectivity index (χ3n) is 4.08. The highest BCUT2D eigenvalue weighted by molar-refractivity contribution is 6.04. The molecule has 0 aliphatic carbocycles. The van der Waals surface area contributed by atoms with Gasteiger partial charge < -0.3 is 11.1 Å². The van der Waals surface area contributed by atoms with Gasteiger partial charge in [0.15, 0.2) is 0 Å². The number of pyridine rings is 1. The molecule has 5 nitrogen and oxygen atoms in total. The van der Waals surface area contributed by atoms with E-state index in [1.807, 2.05) is 24.3 Å². The van der Waals surface area contributed by atoms with Gasteiger partial charge in [0.1, 0.15) is 23.3 Å². The largest absolute Gasteiger partial charge is 0.387 e. The van der Waals surface area contributed by atoms with Crippen molar-refractivity contribution in [1.82, 2.24) is 4.98 Å². The molecule has 146 valence electrons. The molecule has 7 heteroatoms. The molecule has 0 unspecified atom stereocenters. The Balaban J connectivity index is 1.87. The second kappa shape index (κ2) is 8.52. The number of amidine groups is 2. The van der Waals surface area contributed by atoms with Gasteiger partial charge in [-0.2, -0.15) is 0 Å². The number of benzene rings is 2. The van der Waals surface area contributed by atoms with Crippen molar-refractivity contribution in [1.29, 1.82) is 10.8 Å². The van der Waals surface area contributed by atoms with Crippen LogP contribution in [0.5, 0.6) is 0 Å². The SMILES string of the molecule is CC(=N)/C=C\C(=N)N=C(N)Cc1ccc2ncc(-c3cc(F)cc(F)c3)cc2c1. The van der Waals surface area contributed by atoms with Gasteiger partial charge >= 0.3 is 0 Å². The number of nitrogens with two attached hydrogens (primary N) is 1. The molecular weight excluding hydrogens is 372 g/mol. The van der Waals surface area contributed by atoms with Crippen molar-refractivity contribution in [3.8, 4) is 11.1 Å². The van der Waals surface area contributed by atoms with Crippen LogP contribution in [0.2, 0.25) is 0 Å². The zero-order valence-electron chi connectivity index (χ0n) is 15.7. The Kier molecular flexibility index (Phi) is 5.87. The van der Waals surface area contributed by atoms with Crippen LogP contribution in [0.15, 0.2) is 65.8 Å². The van der Waals surface area contributed by atoms with E-state index >= 15 is 0 Å². The second-order valence-electron chi connectivity index (χ2n) is 6.59. The zero-order chi connectivity index (χ0) is 21.0. The number of halogens is 2. The summed E-state index contributed by atoms with van der Waals surface area (Å²) in [4.78, 5) is 8.36. The third kappa shape index (κ3) is 5.38.